The molecule has 0 aliphatic carbocycles. The van der Waals surface area contributed by atoms with Gasteiger partial charge in [-0.05, 0) is 42.0 Å². The minimum Gasteiger partial charge on any atom is -0.495 e. The SMILES string of the molecule is COc1ccc(NC(=S)NCc2ccccc2Cl)cc1Cl. The number of ether oxygens (including phenoxy) is 1. The number of thiocarbonyl (C=S) groups is 1. The fourth-order valence-corrected chi connectivity index (χ4v) is 2.39. The first-order valence-corrected chi connectivity index (χ1v) is 7.38. The van der Waals surface area contributed by atoms with Crippen molar-refractivity contribution in [1.29, 1.82) is 0 Å². The van der Waals surface area contributed by atoms with Crippen LogP contribution in [0.3, 0.4) is 0 Å². The quantitative estimate of drug-likeness (QED) is 0.803. The van der Waals surface area contributed by atoms with Gasteiger partial charge in [0.25, 0.3) is 0 Å². The lowest BCUT2D eigenvalue weighted by Crippen LogP contribution is -2.27. The van der Waals surface area contributed by atoms with Crippen LogP contribution in [0.2, 0.25) is 10.0 Å². The number of rotatable bonds is 4. The van der Waals surface area contributed by atoms with Crippen LogP contribution in [-0.2, 0) is 6.54 Å². The third kappa shape index (κ3) is 4.49. The van der Waals surface area contributed by atoms with E-state index in [-0.39, 0.29) is 0 Å². The van der Waals surface area contributed by atoms with E-state index in [0.29, 0.717) is 27.5 Å². The average Bonchev–Trinajstić information content (AvgIpc) is 2.46. The molecule has 0 fully saturated rings. The molecular weight excluding hydrogens is 327 g/mol. The molecule has 0 aliphatic heterocycles. The van der Waals surface area contributed by atoms with Crippen molar-refractivity contribution in [2.75, 3.05) is 12.4 Å². The van der Waals surface area contributed by atoms with Crippen LogP contribution in [0.15, 0.2) is 42.5 Å². The number of benzene rings is 2. The Morgan fingerprint density at radius 1 is 1.14 bits per heavy atom. The van der Waals surface area contributed by atoms with Crippen molar-refractivity contribution in [3.63, 3.8) is 0 Å². The van der Waals surface area contributed by atoms with Crippen molar-refractivity contribution >= 4 is 46.2 Å². The van der Waals surface area contributed by atoms with Crippen LogP contribution in [0, 0.1) is 0 Å². The second-order valence-electron chi connectivity index (χ2n) is 4.25. The van der Waals surface area contributed by atoms with E-state index < -0.39 is 0 Å². The lowest BCUT2D eigenvalue weighted by molar-refractivity contribution is 0.415. The Morgan fingerprint density at radius 3 is 2.57 bits per heavy atom. The summed E-state index contributed by atoms with van der Waals surface area (Å²) in [6.45, 7) is 0.551. The molecule has 0 aromatic heterocycles. The third-order valence-electron chi connectivity index (χ3n) is 2.81. The molecule has 2 rings (SSSR count). The molecule has 0 amide bonds. The minimum absolute atomic E-state index is 0.496. The predicted molar refractivity (Wildman–Crippen MR) is 92.5 cm³/mol. The lowest BCUT2D eigenvalue weighted by Gasteiger charge is -2.12. The molecule has 0 spiro atoms. The normalized spacial score (nSPS) is 10.0. The van der Waals surface area contributed by atoms with Crippen LogP contribution in [0.5, 0.6) is 5.75 Å². The van der Waals surface area contributed by atoms with Crippen molar-refractivity contribution in [1.82, 2.24) is 5.32 Å². The van der Waals surface area contributed by atoms with Gasteiger partial charge in [0.1, 0.15) is 5.75 Å². The highest BCUT2D eigenvalue weighted by molar-refractivity contribution is 7.80. The van der Waals surface area contributed by atoms with Gasteiger partial charge in [0, 0.05) is 17.3 Å². The summed E-state index contributed by atoms with van der Waals surface area (Å²) in [6, 6.07) is 13.0. The van der Waals surface area contributed by atoms with Crippen LogP contribution in [0.1, 0.15) is 5.56 Å². The van der Waals surface area contributed by atoms with E-state index in [1.807, 2.05) is 30.3 Å². The Morgan fingerprint density at radius 2 is 1.90 bits per heavy atom. The summed E-state index contributed by atoms with van der Waals surface area (Å²) in [6.07, 6.45) is 0. The second-order valence-corrected chi connectivity index (χ2v) is 5.47. The first kappa shape index (κ1) is 15.9. The first-order valence-electron chi connectivity index (χ1n) is 6.22. The molecule has 0 radical (unpaired) electrons. The van der Waals surface area contributed by atoms with Crippen LogP contribution in [0.4, 0.5) is 5.69 Å². The molecule has 110 valence electrons. The average molecular weight is 341 g/mol. The van der Waals surface area contributed by atoms with E-state index in [0.717, 1.165) is 11.3 Å². The molecule has 6 heteroatoms. The fourth-order valence-electron chi connectivity index (χ4n) is 1.74. The Hall–Kier alpha value is -1.49. The third-order valence-corrected chi connectivity index (χ3v) is 3.72. The summed E-state index contributed by atoms with van der Waals surface area (Å²) in [5, 5.41) is 7.89. The van der Waals surface area contributed by atoms with Gasteiger partial charge in [0.05, 0.1) is 12.1 Å². The summed E-state index contributed by atoms with van der Waals surface area (Å²) in [7, 11) is 1.57. The zero-order valence-corrected chi connectivity index (χ0v) is 13.6. The summed E-state index contributed by atoms with van der Waals surface area (Å²) >= 11 is 17.4. The van der Waals surface area contributed by atoms with Crippen LogP contribution < -0.4 is 15.4 Å². The first-order chi connectivity index (χ1) is 10.1. The Kier molecular flexibility index (Phi) is 5.67. The van der Waals surface area contributed by atoms with Gasteiger partial charge in [-0.15, -0.1) is 0 Å². The summed E-state index contributed by atoms with van der Waals surface area (Å²) < 4.78 is 5.10. The molecule has 3 nitrogen and oxygen atoms in total. The molecule has 0 atom stereocenters. The smallest absolute Gasteiger partial charge is 0.171 e. The highest BCUT2D eigenvalue weighted by Gasteiger charge is 2.04. The van der Waals surface area contributed by atoms with E-state index in [2.05, 4.69) is 10.6 Å². The van der Waals surface area contributed by atoms with Crippen molar-refractivity contribution in [3.8, 4) is 5.75 Å². The molecule has 0 unspecified atom stereocenters. The molecule has 2 aromatic carbocycles. The van der Waals surface area contributed by atoms with Crippen molar-refractivity contribution < 1.29 is 4.74 Å². The number of anilines is 1. The van der Waals surface area contributed by atoms with Gasteiger partial charge in [-0.25, -0.2) is 0 Å². The van der Waals surface area contributed by atoms with Gasteiger partial charge in [0.2, 0.25) is 0 Å². The largest absolute Gasteiger partial charge is 0.495 e. The second kappa shape index (κ2) is 7.50. The summed E-state index contributed by atoms with van der Waals surface area (Å²) in [4.78, 5) is 0. The highest BCUT2D eigenvalue weighted by atomic mass is 35.5. The van der Waals surface area contributed by atoms with Crippen molar-refractivity contribution in [3.05, 3.63) is 58.1 Å². The molecule has 0 saturated heterocycles. The van der Waals surface area contributed by atoms with Gasteiger partial charge in [0.15, 0.2) is 5.11 Å². The molecule has 21 heavy (non-hydrogen) atoms. The molecule has 0 saturated carbocycles. The van der Waals surface area contributed by atoms with E-state index in [9.17, 15) is 0 Å². The van der Waals surface area contributed by atoms with Gasteiger partial charge in [-0.1, -0.05) is 41.4 Å². The fraction of sp³-hybridized carbons (Fsp3) is 0.133. The molecule has 2 aromatic rings. The minimum atomic E-state index is 0.496. The Balaban J connectivity index is 1.93. The monoisotopic (exact) mass is 340 g/mol. The zero-order chi connectivity index (χ0) is 15.2. The van der Waals surface area contributed by atoms with E-state index in [1.54, 1.807) is 19.2 Å². The number of hydrogen-bond acceptors (Lipinski definition) is 2. The molecule has 0 heterocycles. The van der Waals surface area contributed by atoms with Crippen molar-refractivity contribution in [2.45, 2.75) is 6.54 Å². The van der Waals surface area contributed by atoms with E-state index >= 15 is 0 Å². The standard InChI is InChI=1S/C15H14Cl2N2OS/c1-20-14-7-6-11(8-13(14)17)19-15(21)18-9-10-4-2-3-5-12(10)16/h2-8H,9H2,1H3,(H2,18,19,21). The number of halogens is 2. The Bertz CT molecular complexity index is 649. The number of nitrogens with one attached hydrogen (secondary N) is 2. The molecule has 0 aliphatic rings. The van der Waals surface area contributed by atoms with Crippen molar-refractivity contribution in [2.24, 2.45) is 0 Å². The van der Waals surface area contributed by atoms with E-state index in [4.69, 9.17) is 40.2 Å². The van der Waals surface area contributed by atoms with Crippen LogP contribution >= 0.6 is 35.4 Å². The topological polar surface area (TPSA) is 33.3 Å². The van der Waals surface area contributed by atoms with E-state index in [1.165, 1.54) is 0 Å². The lowest BCUT2D eigenvalue weighted by atomic mass is 10.2. The maximum Gasteiger partial charge on any atom is 0.171 e. The zero-order valence-electron chi connectivity index (χ0n) is 11.3. The molecule has 2 N–H and O–H groups in total. The number of methoxy groups -OCH3 is 1. The Labute approximate surface area is 139 Å². The van der Waals surface area contributed by atoms with Gasteiger partial charge in [-0.3, -0.25) is 0 Å². The molecular formula is C15H14Cl2N2OS. The summed E-state index contributed by atoms with van der Waals surface area (Å²) in [5.41, 5.74) is 1.77. The van der Waals surface area contributed by atoms with Gasteiger partial charge < -0.3 is 15.4 Å². The number of hydrogen-bond donors (Lipinski definition) is 2. The van der Waals surface area contributed by atoms with Gasteiger partial charge >= 0.3 is 0 Å². The summed E-state index contributed by atoms with van der Waals surface area (Å²) in [5.74, 6) is 0.622. The maximum absolute atomic E-state index is 6.09. The van der Waals surface area contributed by atoms with Crippen LogP contribution in [-0.4, -0.2) is 12.2 Å². The maximum atomic E-state index is 6.09. The van der Waals surface area contributed by atoms with Gasteiger partial charge in [-0.2, -0.15) is 0 Å². The highest BCUT2D eigenvalue weighted by Crippen LogP contribution is 2.27. The molecule has 0 bridgehead atoms. The van der Waals surface area contributed by atoms with Crippen LogP contribution in [0.25, 0.3) is 0 Å². The predicted octanol–water partition coefficient (Wildman–Crippen LogP) is 4.49.